The number of hydrogen-bond donors (Lipinski definition) is 0. The first-order valence-electron chi connectivity index (χ1n) is 6.27. The van der Waals surface area contributed by atoms with E-state index in [9.17, 15) is 14.9 Å². The van der Waals surface area contributed by atoms with E-state index in [1.807, 2.05) is 6.92 Å². The Morgan fingerprint density at radius 2 is 2.25 bits per heavy atom. The van der Waals surface area contributed by atoms with Gasteiger partial charge in [0.2, 0.25) is 0 Å². The highest BCUT2D eigenvalue weighted by atomic mass is 79.9. The highest BCUT2D eigenvalue weighted by molar-refractivity contribution is 9.09. The molecule has 108 valence electrons. The van der Waals surface area contributed by atoms with Gasteiger partial charge in [0.05, 0.1) is 4.92 Å². The second-order valence-corrected chi connectivity index (χ2v) is 6.56. The molecule has 20 heavy (non-hydrogen) atoms. The SMILES string of the molecule is CC1CN(C(=O)c2cc(Cl)ccc2[N+](=O)[O-])CCC1Br. The standard InChI is InChI=1S/C13H14BrClN2O3/c1-8-7-16(5-4-11(8)14)13(18)10-6-9(15)2-3-12(10)17(19)20/h2-3,6,8,11H,4-5,7H2,1H3. The van der Waals surface area contributed by atoms with Gasteiger partial charge in [-0.25, -0.2) is 0 Å². The average Bonchev–Trinajstić information content (AvgIpc) is 2.40. The van der Waals surface area contributed by atoms with E-state index in [1.54, 1.807) is 4.90 Å². The van der Waals surface area contributed by atoms with E-state index in [2.05, 4.69) is 15.9 Å². The van der Waals surface area contributed by atoms with Crippen molar-refractivity contribution >= 4 is 39.1 Å². The molecule has 5 nitrogen and oxygen atoms in total. The summed E-state index contributed by atoms with van der Waals surface area (Å²) in [6.45, 7) is 3.21. The number of rotatable bonds is 2. The van der Waals surface area contributed by atoms with Crippen LogP contribution in [0.1, 0.15) is 23.7 Å². The Kier molecular flexibility index (Phi) is 4.65. The molecule has 1 saturated heterocycles. The predicted molar refractivity (Wildman–Crippen MR) is 80.5 cm³/mol. The van der Waals surface area contributed by atoms with E-state index in [1.165, 1.54) is 18.2 Å². The van der Waals surface area contributed by atoms with Crippen molar-refractivity contribution in [3.8, 4) is 0 Å². The van der Waals surface area contributed by atoms with Crippen LogP contribution in [0, 0.1) is 16.0 Å². The zero-order valence-electron chi connectivity index (χ0n) is 10.9. The van der Waals surface area contributed by atoms with Crippen LogP contribution in [0.15, 0.2) is 18.2 Å². The van der Waals surface area contributed by atoms with E-state index in [0.717, 1.165) is 6.42 Å². The molecule has 0 N–H and O–H groups in total. The maximum atomic E-state index is 12.5. The molecule has 1 aromatic rings. The highest BCUT2D eigenvalue weighted by Crippen LogP contribution is 2.28. The van der Waals surface area contributed by atoms with Crippen LogP contribution in [0.3, 0.4) is 0 Å². The molecular weight excluding hydrogens is 348 g/mol. The van der Waals surface area contributed by atoms with Crippen LogP contribution in [0.2, 0.25) is 5.02 Å². The van der Waals surface area contributed by atoms with Gasteiger partial charge in [0.15, 0.2) is 0 Å². The van der Waals surface area contributed by atoms with Crippen LogP contribution >= 0.6 is 27.5 Å². The summed E-state index contributed by atoms with van der Waals surface area (Å²) in [7, 11) is 0. The van der Waals surface area contributed by atoms with Crippen molar-refractivity contribution in [1.82, 2.24) is 4.90 Å². The third kappa shape index (κ3) is 3.12. The molecular formula is C13H14BrClN2O3. The summed E-state index contributed by atoms with van der Waals surface area (Å²) in [6, 6.07) is 4.06. The zero-order valence-corrected chi connectivity index (χ0v) is 13.2. The molecule has 2 atom stereocenters. The van der Waals surface area contributed by atoms with E-state index in [4.69, 9.17) is 11.6 Å². The third-order valence-electron chi connectivity index (χ3n) is 3.47. The van der Waals surface area contributed by atoms with Gasteiger partial charge in [-0.15, -0.1) is 0 Å². The number of carbonyl (C=O) groups is 1. The maximum Gasteiger partial charge on any atom is 0.282 e. The molecule has 2 unspecified atom stereocenters. The summed E-state index contributed by atoms with van der Waals surface area (Å²) in [5, 5.41) is 11.3. The topological polar surface area (TPSA) is 63.5 Å². The highest BCUT2D eigenvalue weighted by Gasteiger charge is 2.30. The number of likely N-dealkylation sites (tertiary alicyclic amines) is 1. The molecule has 1 amide bonds. The van der Waals surface area contributed by atoms with Gasteiger partial charge in [-0.3, -0.25) is 14.9 Å². The van der Waals surface area contributed by atoms with Crippen molar-refractivity contribution < 1.29 is 9.72 Å². The molecule has 1 aliphatic rings. The van der Waals surface area contributed by atoms with Crippen molar-refractivity contribution in [1.29, 1.82) is 0 Å². The summed E-state index contributed by atoms with van der Waals surface area (Å²) < 4.78 is 0. The van der Waals surface area contributed by atoms with Gasteiger partial charge in [0.25, 0.3) is 11.6 Å². The molecule has 7 heteroatoms. The maximum absolute atomic E-state index is 12.5. The largest absolute Gasteiger partial charge is 0.338 e. The van der Waals surface area contributed by atoms with Crippen LogP contribution in [-0.4, -0.2) is 33.6 Å². The van der Waals surface area contributed by atoms with Gasteiger partial charge in [-0.05, 0) is 24.5 Å². The molecule has 1 fully saturated rings. The number of hydrogen-bond acceptors (Lipinski definition) is 3. The lowest BCUT2D eigenvalue weighted by molar-refractivity contribution is -0.385. The predicted octanol–water partition coefficient (Wildman–Crippen LogP) is 3.49. The molecule has 1 aliphatic heterocycles. The number of carbonyl (C=O) groups excluding carboxylic acids is 1. The Morgan fingerprint density at radius 3 is 2.85 bits per heavy atom. The molecule has 0 aliphatic carbocycles. The molecule has 0 radical (unpaired) electrons. The normalized spacial score (nSPS) is 22.6. The second-order valence-electron chi connectivity index (χ2n) is 4.95. The fourth-order valence-electron chi connectivity index (χ4n) is 2.31. The number of nitro groups is 1. The number of amides is 1. The number of alkyl halides is 1. The van der Waals surface area contributed by atoms with E-state index < -0.39 is 4.92 Å². The van der Waals surface area contributed by atoms with Crippen LogP contribution < -0.4 is 0 Å². The second kappa shape index (κ2) is 6.10. The van der Waals surface area contributed by atoms with Crippen molar-refractivity contribution in [2.45, 2.75) is 18.2 Å². The molecule has 0 bridgehead atoms. The third-order valence-corrected chi connectivity index (χ3v) is 5.07. The van der Waals surface area contributed by atoms with Crippen molar-refractivity contribution in [3.05, 3.63) is 38.9 Å². The van der Waals surface area contributed by atoms with Gasteiger partial charge in [0, 0.05) is 29.0 Å². The average molecular weight is 362 g/mol. The van der Waals surface area contributed by atoms with Crippen molar-refractivity contribution in [2.75, 3.05) is 13.1 Å². The lowest BCUT2D eigenvalue weighted by Crippen LogP contribution is -2.43. The molecule has 0 saturated carbocycles. The Hall–Kier alpha value is -1.14. The first kappa shape index (κ1) is 15.3. The molecule has 1 heterocycles. The first-order valence-corrected chi connectivity index (χ1v) is 7.56. The quantitative estimate of drug-likeness (QED) is 0.460. The lowest BCUT2D eigenvalue weighted by Gasteiger charge is -2.34. The Bertz CT molecular complexity index is 552. The van der Waals surface area contributed by atoms with Gasteiger partial charge in [-0.1, -0.05) is 34.5 Å². The number of halogens is 2. The minimum absolute atomic E-state index is 0.0581. The van der Waals surface area contributed by atoms with E-state index >= 15 is 0 Å². The Balaban J connectivity index is 2.29. The monoisotopic (exact) mass is 360 g/mol. The van der Waals surface area contributed by atoms with Crippen molar-refractivity contribution in [2.24, 2.45) is 5.92 Å². The lowest BCUT2D eigenvalue weighted by atomic mass is 9.99. The minimum atomic E-state index is -0.551. The molecule has 2 rings (SSSR count). The Morgan fingerprint density at radius 1 is 1.55 bits per heavy atom. The van der Waals surface area contributed by atoms with Gasteiger partial charge < -0.3 is 4.90 Å². The van der Waals surface area contributed by atoms with Gasteiger partial charge in [-0.2, -0.15) is 0 Å². The van der Waals surface area contributed by atoms with E-state index in [-0.39, 0.29) is 17.2 Å². The van der Waals surface area contributed by atoms with Crippen molar-refractivity contribution in [3.63, 3.8) is 0 Å². The molecule has 1 aromatic carbocycles. The summed E-state index contributed by atoms with van der Waals surface area (Å²) >= 11 is 9.42. The fourth-order valence-corrected chi connectivity index (χ4v) is 2.85. The number of nitro benzene ring substituents is 1. The fraction of sp³-hybridized carbons (Fsp3) is 0.462. The van der Waals surface area contributed by atoms with Crippen LogP contribution in [0.5, 0.6) is 0 Å². The summed E-state index contributed by atoms with van der Waals surface area (Å²) in [5.41, 5.74) is -0.143. The molecule has 0 spiro atoms. The van der Waals surface area contributed by atoms with Gasteiger partial charge in [0.1, 0.15) is 5.56 Å². The number of benzene rings is 1. The smallest absolute Gasteiger partial charge is 0.282 e. The first-order chi connectivity index (χ1) is 9.40. The summed E-state index contributed by atoms with van der Waals surface area (Å²) in [5.74, 6) is -0.0172. The number of nitrogens with zero attached hydrogens (tertiary/aromatic N) is 2. The minimum Gasteiger partial charge on any atom is -0.338 e. The van der Waals surface area contributed by atoms with E-state index in [0.29, 0.717) is 28.9 Å². The van der Waals surface area contributed by atoms with Crippen LogP contribution in [0.4, 0.5) is 5.69 Å². The summed E-state index contributed by atoms with van der Waals surface area (Å²) in [6.07, 6.45) is 0.835. The molecule has 0 aromatic heterocycles. The van der Waals surface area contributed by atoms with Crippen LogP contribution in [-0.2, 0) is 0 Å². The number of piperidine rings is 1. The zero-order chi connectivity index (χ0) is 14.9. The Labute approximate surface area is 130 Å². The van der Waals surface area contributed by atoms with Crippen LogP contribution in [0.25, 0.3) is 0 Å². The van der Waals surface area contributed by atoms with Gasteiger partial charge >= 0.3 is 0 Å². The summed E-state index contributed by atoms with van der Waals surface area (Å²) in [4.78, 5) is 25.0.